The molecule has 0 aromatic heterocycles. The van der Waals surface area contributed by atoms with Gasteiger partial charge in [0.05, 0.1) is 0 Å². The summed E-state index contributed by atoms with van der Waals surface area (Å²) < 4.78 is 23.7. The summed E-state index contributed by atoms with van der Waals surface area (Å²) in [6.07, 6.45) is -0.988. The Kier molecular flexibility index (Phi) is 13.5. The summed E-state index contributed by atoms with van der Waals surface area (Å²) in [4.78, 5) is 56.0. The van der Waals surface area contributed by atoms with E-state index in [1.54, 1.807) is 146 Å². The van der Waals surface area contributed by atoms with E-state index in [9.17, 15) is 19.2 Å². The highest BCUT2D eigenvalue weighted by molar-refractivity contribution is 5.94. The molecule has 0 aliphatic carbocycles. The molecule has 2 atom stereocenters. The molecule has 0 N–H and O–H groups in total. The van der Waals surface area contributed by atoms with Crippen LogP contribution in [0.4, 0.5) is 0 Å². The second-order valence-electron chi connectivity index (χ2n) is 12.5. The van der Waals surface area contributed by atoms with Crippen LogP contribution in [-0.4, -0.2) is 36.1 Å². The molecule has 0 spiro atoms. The van der Waals surface area contributed by atoms with Crippen LogP contribution in [0.3, 0.4) is 0 Å². The Morgan fingerprint density at radius 2 is 0.589 bits per heavy atom. The predicted octanol–water partition coefficient (Wildman–Crippen LogP) is 8.90. The number of esters is 4. The van der Waals surface area contributed by atoms with Crippen LogP contribution < -0.4 is 0 Å². The number of benzene rings is 6. The molecule has 56 heavy (non-hydrogen) atoms. The molecule has 6 aromatic rings. The van der Waals surface area contributed by atoms with E-state index in [2.05, 4.69) is 0 Å². The fourth-order valence-electron chi connectivity index (χ4n) is 5.79. The van der Waals surface area contributed by atoms with Crippen LogP contribution in [0.2, 0.25) is 0 Å². The van der Waals surface area contributed by atoms with Gasteiger partial charge in [-0.05, 0) is 45.5 Å². The number of carbonyl (C=O) groups is 4. The third-order valence-electron chi connectivity index (χ3n) is 8.53. The SMILES string of the molecule is O=C(/C=C/c1ccccc1)O[C@H](C(=O)OC(c1ccccc1)c1ccccc1)[C@H](OC(=O)/C=C/c1ccccc1)C(=O)OC(c1ccccc1)c1ccccc1. The lowest BCUT2D eigenvalue weighted by atomic mass is 10.0. The fraction of sp³-hybridized carbons (Fsp3) is 0.0833. The molecular weight excluding hydrogens is 705 g/mol. The van der Waals surface area contributed by atoms with E-state index in [-0.39, 0.29) is 0 Å². The summed E-state index contributed by atoms with van der Waals surface area (Å²) in [6, 6.07) is 53.7. The molecule has 0 amide bonds. The van der Waals surface area contributed by atoms with Gasteiger partial charge in [0.25, 0.3) is 0 Å². The van der Waals surface area contributed by atoms with Gasteiger partial charge >= 0.3 is 23.9 Å². The molecule has 0 fully saturated rings. The molecule has 278 valence electrons. The zero-order valence-corrected chi connectivity index (χ0v) is 30.2. The van der Waals surface area contributed by atoms with Crippen molar-refractivity contribution in [3.63, 3.8) is 0 Å². The molecule has 6 aromatic carbocycles. The van der Waals surface area contributed by atoms with Crippen LogP contribution in [-0.2, 0) is 38.1 Å². The summed E-state index contributed by atoms with van der Waals surface area (Å²) >= 11 is 0. The molecule has 0 heterocycles. The number of carbonyl (C=O) groups excluding carboxylic acids is 4. The van der Waals surface area contributed by atoms with Gasteiger partial charge in [0.2, 0.25) is 12.2 Å². The zero-order valence-electron chi connectivity index (χ0n) is 30.2. The first-order valence-electron chi connectivity index (χ1n) is 17.9. The molecule has 0 aliphatic rings. The summed E-state index contributed by atoms with van der Waals surface area (Å²) in [6.45, 7) is 0. The monoisotopic (exact) mass is 742 g/mol. The van der Waals surface area contributed by atoms with Gasteiger partial charge in [-0.1, -0.05) is 182 Å². The number of hydrogen-bond donors (Lipinski definition) is 0. The van der Waals surface area contributed by atoms with E-state index < -0.39 is 48.3 Å². The van der Waals surface area contributed by atoms with Crippen LogP contribution >= 0.6 is 0 Å². The van der Waals surface area contributed by atoms with Gasteiger partial charge in [0, 0.05) is 12.2 Å². The predicted molar refractivity (Wildman–Crippen MR) is 212 cm³/mol. The molecular formula is C48H38O8. The van der Waals surface area contributed by atoms with Gasteiger partial charge in [-0.2, -0.15) is 0 Å². The highest BCUT2D eigenvalue weighted by atomic mass is 16.6. The van der Waals surface area contributed by atoms with Crippen molar-refractivity contribution >= 4 is 36.0 Å². The second kappa shape index (κ2) is 19.7. The number of hydrogen-bond acceptors (Lipinski definition) is 8. The van der Waals surface area contributed by atoms with Crippen molar-refractivity contribution in [1.82, 2.24) is 0 Å². The van der Waals surface area contributed by atoms with E-state index in [1.807, 2.05) is 36.4 Å². The summed E-state index contributed by atoms with van der Waals surface area (Å²) in [5.41, 5.74) is 3.79. The normalized spacial score (nSPS) is 12.2. The maximum Gasteiger partial charge on any atom is 0.353 e. The number of rotatable bonds is 15. The Hall–Kier alpha value is -7.32. The van der Waals surface area contributed by atoms with Crippen molar-refractivity contribution in [2.24, 2.45) is 0 Å². The van der Waals surface area contributed by atoms with E-state index in [1.165, 1.54) is 12.2 Å². The molecule has 0 saturated heterocycles. The largest absolute Gasteiger partial charge is 0.450 e. The first-order chi connectivity index (χ1) is 27.4. The quantitative estimate of drug-likeness (QED) is 0.0584. The standard InChI is InChI=1S/C48H38O8/c49-41(33-31-35-19-7-1-8-20-35)53-45(47(51)55-43(37-23-11-3-12-24-37)38-25-13-4-14-26-38)46(54-42(50)34-32-36-21-9-2-10-22-36)48(52)56-44(39-27-15-5-16-28-39)40-29-17-6-18-30-40/h1-34,43-46H/b33-31+,34-32+/t45-,46-/m0/s1. The van der Waals surface area contributed by atoms with E-state index in [0.29, 0.717) is 33.4 Å². The lowest BCUT2D eigenvalue weighted by Crippen LogP contribution is -2.47. The van der Waals surface area contributed by atoms with Crippen molar-refractivity contribution in [2.75, 3.05) is 0 Å². The zero-order chi connectivity index (χ0) is 39.0. The Morgan fingerprint density at radius 3 is 0.857 bits per heavy atom. The maximum absolute atomic E-state index is 14.5. The second-order valence-corrected chi connectivity index (χ2v) is 12.5. The maximum atomic E-state index is 14.5. The Bertz CT molecular complexity index is 1980. The van der Waals surface area contributed by atoms with Crippen LogP contribution in [0, 0.1) is 0 Å². The highest BCUT2D eigenvalue weighted by Gasteiger charge is 2.44. The van der Waals surface area contributed by atoms with Crippen molar-refractivity contribution < 1.29 is 38.1 Å². The lowest BCUT2D eigenvalue weighted by molar-refractivity contribution is -0.191. The van der Waals surface area contributed by atoms with Crippen molar-refractivity contribution in [3.8, 4) is 0 Å². The molecule has 0 aliphatic heterocycles. The molecule has 0 bridgehead atoms. The molecule has 8 heteroatoms. The third-order valence-corrected chi connectivity index (χ3v) is 8.53. The summed E-state index contributed by atoms with van der Waals surface area (Å²) in [7, 11) is 0. The summed E-state index contributed by atoms with van der Waals surface area (Å²) in [5, 5.41) is 0. The van der Waals surface area contributed by atoms with Crippen LogP contribution in [0.5, 0.6) is 0 Å². The van der Waals surface area contributed by atoms with Gasteiger partial charge in [0.1, 0.15) is 0 Å². The van der Waals surface area contributed by atoms with Gasteiger partial charge in [0.15, 0.2) is 12.2 Å². The van der Waals surface area contributed by atoms with Crippen LogP contribution in [0.1, 0.15) is 45.6 Å². The Balaban J connectivity index is 1.40. The molecule has 6 rings (SSSR count). The average molecular weight is 743 g/mol. The highest BCUT2D eigenvalue weighted by Crippen LogP contribution is 2.30. The van der Waals surface area contributed by atoms with Crippen molar-refractivity contribution in [3.05, 3.63) is 228 Å². The van der Waals surface area contributed by atoms with E-state index in [4.69, 9.17) is 18.9 Å². The van der Waals surface area contributed by atoms with Gasteiger partial charge in [-0.3, -0.25) is 0 Å². The first kappa shape index (κ1) is 38.4. The van der Waals surface area contributed by atoms with Gasteiger partial charge in [-0.15, -0.1) is 0 Å². The number of ether oxygens (including phenoxy) is 4. The molecule has 0 saturated carbocycles. The van der Waals surface area contributed by atoms with Gasteiger partial charge < -0.3 is 18.9 Å². The third kappa shape index (κ3) is 10.9. The van der Waals surface area contributed by atoms with Gasteiger partial charge in [-0.25, -0.2) is 19.2 Å². The molecule has 0 radical (unpaired) electrons. The fourth-order valence-corrected chi connectivity index (χ4v) is 5.79. The lowest BCUT2D eigenvalue weighted by Gasteiger charge is -2.28. The minimum Gasteiger partial charge on any atom is -0.450 e. The van der Waals surface area contributed by atoms with Crippen LogP contribution in [0.25, 0.3) is 12.2 Å². The minimum absolute atomic E-state index is 0.608. The Morgan fingerprint density at radius 1 is 0.339 bits per heavy atom. The Labute approximate surface area is 325 Å². The topological polar surface area (TPSA) is 105 Å². The van der Waals surface area contributed by atoms with E-state index in [0.717, 1.165) is 12.2 Å². The summed E-state index contributed by atoms with van der Waals surface area (Å²) in [5.74, 6) is -4.30. The average Bonchev–Trinajstić information content (AvgIpc) is 3.26. The van der Waals surface area contributed by atoms with Crippen molar-refractivity contribution in [1.29, 1.82) is 0 Å². The molecule has 8 nitrogen and oxygen atoms in total. The first-order valence-corrected chi connectivity index (χ1v) is 17.9. The van der Waals surface area contributed by atoms with Crippen LogP contribution in [0.15, 0.2) is 194 Å². The minimum atomic E-state index is -2.10. The van der Waals surface area contributed by atoms with E-state index >= 15 is 0 Å². The smallest absolute Gasteiger partial charge is 0.353 e. The molecule has 0 unspecified atom stereocenters. The van der Waals surface area contributed by atoms with Crippen molar-refractivity contribution in [2.45, 2.75) is 24.4 Å².